The van der Waals surface area contributed by atoms with Crippen molar-refractivity contribution >= 4 is 21.6 Å². The number of para-hydroxylation sites is 1. The molecule has 0 saturated heterocycles. The third-order valence-electron chi connectivity index (χ3n) is 3.37. The molecule has 0 aliphatic heterocycles. The third kappa shape index (κ3) is 2.73. The van der Waals surface area contributed by atoms with E-state index < -0.39 is 0 Å². The average Bonchev–Trinajstić information content (AvgIpc) is 3.10. The fourth-order valence-electron chi connectivity index (χ4n) is 2.13. The zero-order valence-electron chi connectivity index (χ0n) is 11.7. The monoisotopic (exact) mass is 286 g/mol. The number of rotatable bonds is 5. The molecule has 0 amide bonds. The SMILES string of the molecule is CCn1cc(C(C)NCc2nc3ccccc3s2)cn1. The van der Waals surface area contributed by atoms with Crippen molar-refractivity contribution in [3.63, 3.8) is 0 Å². The number of aryl methyl sites for hydroxylation is 1. The predicted molar refractivity (Wildman–Crippen MR) is 82.8 cm³/mol. The molecule has 2 aromatic heterocycles. The minimum Gasteiger partial charge on any atom is -0.304 e. The number of thiazole rings is 1. The fourth-order valence-corrected chi connectivity index (χ4v) is 3.05. The van der Waals surface area contributed by atoms with Gasteiger partial charge in [0.25, 0.3) is 0 Å². The Morgan fingerprint density at radius 1 is 1.35 bits per heavy atom. The minimum atomic E-state index is 0.280. The van der Waals surface area contributed by atoms with Gasteiger partial charge in [-0.3, -0.25) is 4.68 Å². The molecule has 0 bridgehead atoms. The van der Waals surface area contributed by atoms with Crippen LogP contribution in [0.25, 0.3) is 10.2 Å². The highest BCUT2D eigenvalue weighted by Crippen LogP contribution is 2.22. The summed E-state index contributed by atoms with van der Waals surface area (Å²) in [6.45, 7) is 5.95. The van der Waals surface area contributed by atoms with Crippen molar-refractivity contribution in [1.29, 1.82) is 0 Å². The van der Waals surface area contributed by atoms with Crippen molar-refractivity contribution < 1.29 is 0 Å². The second kappa shape index (κ2) is 5.73. The van der Waals surface area contributed by atoms with Gasteiger partial charge in [-0.1, -0.05) is 12.1 Å². The van der Waals surface area contributed by atoms with Crippen LogP contribution >= 0.6 is 11.3 Å². The van der Waals surface area contributed by atoms with Gasteiger partial charge in [0.2, 0.25) is 0 Å². The van der Waals surface area contributed by atoms with Crippen LogP contribution in [-0.2, 0) is 13.1 Å². The average molecular weight is 286 g/mol. The largest absolute Gasteiger partial charge is 0.304 e. The second-order valence-electron chi connectivity index (χ2n) is 4.81. The summed E-state index contributed by atoms with van der Waals surface area (Å²) in [5.74, 6) is 0. The highest BCUT2D eigenvalue weighted by molar-refractivity contribution is 7.18. The van der Waals surface area contributed by atoms with E-state index in [2.05, 4.69) is 53.6 Å². The molecular formula is C15H18N4S. The summed E-state index contributed by atoms with van der Waals surface area (Å²) in [6.07, 6.45) is 4.02. The summed E-state index contributed by atoms with van der Waals surface area (Å²) >= 11 is 1.75. The van der Waals surface area contributed by atoms with E-state index in [0.29, 0.717) is 0 Å². The Morgan fingerprint density at radius 2 is 2.20 bits per heavy atom. The molecule has 4 nitrogen and oxygen atoms in total. The lowest BCUT2D eigenvalue weighted by Crippen LogP contribution is -2.17. The number of nitrogens with one attached hydrogen (secondary N) is 1. The van der Waals surface area contributed by atoms with Crippen molar-refractivity contribution in [1.82, 2.24) is 20.1 Å². The molecule has 0 spiro atoms. The van der Waals surface area contributed by atoms with Crippen LogP contribution < -0.4 is 5.32 Å². The van der Waals surface area contributed by atoms with Crippen molar-refractivity contribution in [2.45, 2.75) is 33.0 Å². The molecule has 0 aliphatic rings. The molecule has 3 rings (SSSR count). The van der Waals surface area contributed by atoms with E-state index in [9.17, 15) is 0 Å². The molecule has 0 radical (unpaired) electrons. The lowest BCUT2D eigenvalue weighted by Gasteiger charge is -2.10. The Labute approximate surface area is 122 Å². The van der Waals surface area contributed by atoms with Crippen molar-refractivity contribution in [3.8, 4) is 0 Å². The summed E-state index contributed by atoms with van der Waals surface area (Å²) in [5, 5.41) is 8.94. The maximum Gasteiger partial charge on any atom is 0.108 e. The van der Waals surface area contributed by atoms with Gasteiger partial charge in [-0.25, -0.2) is 4.98 Å². The first kappa shape index (κ1) is 13.3. The van der Waals surface area contributed by atoms with Crippen molar-refractivity contribution in [2.24, 2.45) is 0 Å². The van der Waals surface area contributed by atoms with E-state index in [0.717, 1.165) is 23.6 Å². The van der Waals surface area contributed by atoms with E-state index in [1.165, 1.54) is 10.3 Å². The smallest absolute Gasteiger partial charge is 0.108 e. The first-order valence-corrected chi connectivity index (χ1v) is 7.68. The molecule has 0 saturated carbocycles. The third-order valence-corrected chi connectivity index (χ3v) is 4.41. The molecule has 20 heavy (non-hydrogen) atoms. The van der Waals surface area contributed by atoms with Crippen LogP contribution in [-0.4, -0.2) is 14.8 Å². The van der Waals surface area contributed by atoms with Crippen LogP contribution in [0.1, 0.15) is 30.5 Å². The molecule has 5 heteroatoms. The maximum atomic E-state index is 4.63. The van der Waals surface area contributed by atoms with Gasteiger partial charge in [-0.15, -0.1) is 11.3 Å². The van der Waals surface area contributed by atoms with Crippen molar-refractivity contribution in [2.75, 3.05) is 0 Å². The Kier molecular flexibility index (Phi) is 3.80. The van der Waals surface area contributed by atoms with Gasteiger partial charge in [0.05, 0.1) is 16.4 Å². The van der Waals surface area contributed by atoms with Crippen LogP contribution in [0.2, 0.25) is 0 Å². The van der Waals surface area contributed by atoms with Gasteiger partial charge < -0.3 is 5.32 Å². The Hall–Kier alpha value is -1.72. The normalized spacial score (nSPS) is 12.9. The first-order chi connectivity index (χ1) is 9.76. The summed E-state index contributed by atoms with van der Waals surface area (Å²) in [7, 11) is 0. The number of fused-ring (bicyclic) bond motifs is 1. The zero-order valence-corrected chi connectivity index (χ0v) is 12.5. The van der Waals surface area contributed by atoms with E-state index in [1.54, 1.807) is 11.3 Å². The molecule has 1 unspecified atom stereocenters. The number of aromatic nitrogens is 3. The van der Waals surface area contributed by atoms with Gasteiger partial charge in [-0.2, -0.15) is 5.10 Å². The molecule has 0 aliphatic carbocycles. The lowest BCUT2D eigenvalue weighted by atomic mass is 10.2. The topological polar surface area (TPSA) is 42.7 Å². The van der Waals surface area contributed by atoms with Crippen LogP contribution in [0, 0.1) is 0 Å². The van der Waals surface area contributed by atoms with Crippen LogP contribution in [0.5, 0.6) is 0 Å². The van der Waals surface area contributed by atoms with Crippen LogP contribution in [0.15, 0.2) is 36.7 Å². The van der Waals surface area contributed by atoms with Gasteiger partial charge in [0, 0.05) is 30.9 Å². The summed E-state index contributed by atoms with van der Waals surface area (Å²) in [6, 6.07) is 8.54. The maximum absolute atomic E-state index is 4.63. The molecule has 1 N–H and O–H groups in total. The molecular weight excluding hydrogens is 268 g/mol. The van der Waals surface area contributed by atoms with E-state index in [4.69, 9.17) is 0 Å². The van der Waals surface area contributed by atoms with Crippen LogP contribution in [0.4, 0.5) is 0 Å². The van der Waals surface area contributed by atoms with E-state index in [1.807, 2.05) is 16.9 Å². The van der Waals surface area contributed by atoms with Crippen molar-refractivity contribution in [3.05, 3.63) is 47.2 Å². The molecule has 0 fully saturated rings. The number of hydrogen-bond donors (Lipinski definition) is 1. The number of benzene rings is 1. The number of hydrogen-bond acceptors (Lipinski definition) is 4. The fraction of sp³-hybridized carbons (Fsp3) is 0.333. The molecule has 1 atom stereocenters. The highest BCUT2D eigenvalue weighted by atomic mass is 32.1. The Morgan fingerprint density at radius 3 is 2.95 bits per heavy atom. The van der Waals surface area contributed by atoms with Gasteiger partial charge in [0.1, 0.15) is 5.01 Å². The standard InChI is InChI=1S/C15H18N4S/c1-3-19-10-12(8-17-19)11(2)16-9-15-18-13-6-4-5-7-14(13)20-15/h4-8,10-11,16H,3,9H2,1-2H3. The Bertz CT molecular complexity index is 668. The zero-order chi connectivity index (χ0) is 13.9. The van der Waals surface area contributed by atoms with Crippen LogP contribution in [0.3, 0.4) is 0 Å². The van der Waals surface area contributed by atoms with Gasteiger partial charge in [0.15, 0.2) is 0 Å². The second-order valence-corrected chi connectivity index (χ2v) is 5.92. The summed E-state index contributed by atoms with van der Waals surface area (Å²) in [4.78, 5) is 4.63. The highest BCUT2D eigenvalue weighted by Gasteiger charge is 2.09. The quantitative estimate of drug-likeness (QED) is 0.782. The first-order valence-electron chi connectivity index (χ1n) is 6.86. The lowest BCUT2D eigenvalue weighted by molar-refractivity contribution is 0.572. The molecule has 2 heterocycles. The Balaban J connectivity index is 1.66. The molecule has 1 aromatic carbocycles. The summed E-state index contributed by atoms with van der Waals surface area (Å²) < 4.78 is 3.20. The number of nitrogens with zero attached hydrogens (tertiary/aromatic N) is 3. The van der Waals surface area contributed by atoms with E-state index in [-0.39, 0.29) is 6.04 Å². The minimum absolute atomic E-state index is 0.280. The summed E-state index contributed by atoms with van der Waals surface area (Å²) in [5.41, 5.74) is 2.30. The van der Waals surface area contributed by atoms with E-state index >= 15 is 0 Å². The predicted octanol–water partition coefficient (Wildman–Crippen LogP) is 3.36. The van der Waals surface area contributed by atoms with Gasteiger partial charge >= 0.3 is 0 Å². The van der Waals surface area contributed by atoms with Gasteiger partial charge in [-0.05, 0) is 26.0 Å². The molecule has 3 aromatic rings. The molecule has 104 valence electrons.